The molecule has 1 unspecified atom stereocenters. The van der Waals surface area contributed by atoms with Gasteiger partial charge in [0.25, 0.3) is 11.8 Å². The number of esters is 1. The van der Waals surface area contributed by atoms with Gasteiger partial charge in [0.1, 0.15) is 11.6 Å². The van der Waals surface area contributed by atoms with Gasteiger partial charge in [-0.2, -0.15) is 8.78 Å². The molecular formula is C25H26ClF2N3O5. The summed E-state index contributed by atoms with van der Waals surface area (Å²) in [5.41, 5.74) is 4.60. The lowest BCUT2D eigenvalue weighted by Crippen LogP contribution is -2.45. The Balaban J connectivity index is 1.76. The van der Waals surface area contributed by atoms with Crippen LogP contribution in [-0.4, -0.2) is 40.2 Å². The van der Waals surface area contributed by atoms with Crippen LogP contribution in [0.2, 0.25) is 5.02 Å². The molecule has 0 spiro atoms. The minimum absolute atomic E-state index is 0.0868. The van der Waals surface area contributed by atoms with Gasteiger partial charge >= 0.3 is 11.9 Å². The Morgan fingerprint density at radius 1 is 1.14 bits per heavy atom. The lowest BCUT2D eigenvalue weighted by molar-refractivity contribution is -0.155. The smallest absolute Gasteiger partial charge is 0.350 e. The summed E-state index contributed by atoms with van der Waals surface area (Å²) in [5, 5.41) is 2.52. The SMILES string of the molecule is CC(C)(C)OC(=O)CCC(C(N)=O)N1Cc2cc(C(F)(F)C(=O)Nc3ccc(Cl)cc3)ccc2C1=O. The van der Waals surface area contributed by atoms with Gasteiger partial charge in [0.15, 0.2) is 0 Å². The minimum atomic E-state index is -3.91. The van der Waals surface area contributed by atoms with Gasteiger partial charge in [0, 0.05) is 34.8 Å². The summed E-state index contributed by atoms with van der Waals surface area (Å²) in [6.07, 6.45) is -0.254. The van der Waals surface area contributed by atoms with Crippen molar-refractivity contribution in [2.24, 2.45) is 5.73 Å². The largest absolute Gasteiger partial charge is 0.460 e. The topological polar surface area (TPSA) is 119 Å². The molecule has 0 aliphatic carbocycles. The number of nitrogens with one attached hydrogen (secondary N) is 1. The number of fused-ring (bicyclic) bond motifs is 1. The number of hydrogen-bond donors (Lipinski definition) is 2. The van der Waals surface area contributed by atoms with Crippen molar-refractivity contribution >= 4 is 41.0 Å². The van der Waals surface area contributed by atoms with Gasteiger partial charge in [-0.25, -0.2) is 0 Å². The number of amides is 3. The Morgan fingerprint density at radius 3 is 2.36 bits per heavy atom. The number of rotatable bonds is 8. The monoisotopic (exact) mass is 521 g/mol. The molecule has 3 rings (SSSR count). The average molecular weight is 522 g/mol. The Labute approximate surface area is 211 Å². The highest BCUT2D eigenvalue weighted by Crippen LogP contribution is 2.34. The molecule has 0 fully saturated rings. The van der Waals surface area contributed by atoms with E-state index in [1.807, 2.05) is 0 Å². The van der Waals surface area contributed by atoms with Crippen molar-refractivity contribution in [1.82, 2.24) is 4.90 Å². The fourth-order valence-corrected chi connectivity index (χ4v) is 3.89. The number of ether oxygens (including phenoxy) is 1. The molecule has 3 N–H and O–H groups in total. The lowest BCUT2D eigenvalue weighted by Gasteiger charge is -2.25. The second-order valence-corrected chi connectivity index (χ2v) is 9.82. The molecule has 0 saturated carbocycles. The van der Waals surface area contributed by atoms with Gasteiger partial charge in [0.05, 0.1) is 0 Å². The van der Waals surface area contributed by atoms with E-state index in [4.69, 9.17) is 22.1 Å². The lowest BCUT2D eigenvalue weighted by atomic mass is 10.0. The quantitative estimate of drug-likeness (QED) is 0.509. The van der Waals surface area contributed by atoms with E-state index < -0.39 is 46.8 Å². The molecule has 2 aromatic rings. The average Bonchev–Trinajstić information content (AvgIpc) is 3.09. The number of nitrogens with two attached hydrogens (primary N) is 1. The van der Waals surface area contributed by atoms with Crippen molar-refractivity contribution in [3.63, 3.8) is 0 Å². The number of anilines is 1. The first-order valence-electron chi connectivity index (χ1n) is 11.1. The number of carbonyl (C=O) groups excluding carboxylic acids is 4. The molecule has 11 heteroatoms. The van der Waals surface area contributed by atoms with Crippen LogP contribution in [0.15, 0.2) is 42.5 Å². The van der Waals surface area contributed by atoms with Crippen LogP contribution >= 0.6 is 11.6 Å². The van der Waals surface area contributed by atoms with Gasteiger partial charge in [-0.05, 0) is 69.2 Å². The maximum absolute atomic E-state index is 14.9. The molecule has 0 aromatic heterocycles. The summed E-state index contributed by atoms with van der Waals surface area (Å²) in [6.45, 7) is 4.90. The third-order valence-corrected chi connectivity index (χ3v) is 5.69. The Bertz CT molecular complexity index is 1200. The van der Waals surface area contributed by atoms with Gasteiger partial charge in [-0.3, -0.25) is 19.2 Å². The molecule has 192 valence electrons. The van der Waals surface area contributed by atoms with Crippen LogP contribution in [0.3, 0.4) is 0 Å². The molecule has 1 heterocycles. The fraction of sp³-hybridized carbons (Fsp3) is 0.360. The number of alkyl halides is 2. The normalized spacial score (nSPS) is 14.3. The maximum atomic E-state index is 14.9. The number of carbonyl (C=O) groups is 4. The van der Waals surface area contributed by atoms with E-state index in [0.717, 1.165) is 17.0 Å². The van der Waals surface area contributed by atoms with Crippen molar-refractivity contribution in [1.29, 1.82) is 0 Å². The van der Waals surface area contributed by atoms with E-state index in [-0.39, 0.29) is 36.2 Å². The molecule has 0 saturated heterocycles. The molecule has 0 radical (unpaired) electrons. The summed E-state index contributed by atoms with van der Waals surface area (Å²) in [6, 6.07) is 7.75. The molecule has 2 aromatic carbocycles. The van der Waals surface area contributed by atoms with E-state index in [1.165, 1.54) is 30.3 Å². The number of nitrogens with zero attached hydrogens (tertiary/aromatic N) is 1. The van der Waals surface area contributed by atoms with Crippen LogP contribution in [0.4, 0.5) is 14.5 Å². The van der Waals surface area contributed by atoms with Crippen LogP contribution in [-0.2, 0) is 31.6 Å². The first-order valence-corrected chi connectivity index (χ1v) is 11.5. The van der Waals surface area contributed by atoms with E-state index in [1.54, 1.807) is 20.8 Å². The van der Waals surface area contributed by atoms with Crippen molar-refractivity contribution in [3.05, 3.63) is 64.2 Å². The molecule has 36 heavy (non-hydrogen) atoms. The Hall–Kier alpha value is -3.53. The predicted octanol–water partition coefficient (Wildman–Crippen LogP) is 4.00. The van der Waals surface area contributed by atoms with Gasteiger partial charge in [0.2, 0.25) is 5.91 Å². The first-order chi connectivity index (χ1) is 16.7. The van der Waals surface area contributed by atoms with Gasteiger partial charge < -0.3 is 20.7 Å². The number of primary amides is 1. The van der Waals surface area contributed by atoms with Crippen LogP contribution in [0.1, 0.15) is 55.1 Å². The molecule has 1 aliphatic heterocycles. The molecule has 1 aliphatic rings. The van der Waals surface area contributed by atoms with Gasteiger partial charge in [-0.1, -0.05) is 17.7 Å². The molecule has 3 amide bonds. The van der Waals surface area contributed by atoms with Gasteiger partial charge in [-0.15, -0.1) is 0 Å². The molecule has 8 nitrogen and oxygen atoms in total. The van der Waals surface area contributed by atoms with Crippen LogP contribution in [0, 0.1) is 0 Å². The zero-order valence-electron chi connectivity index (χ0n) is 19.9. The summed E-state index contributed by atoms with van der Waals surface area (Å²) >= 11 is 5.77. The zero-order chi connectivity index (χ0) is 26.8. The maximum Gasteiger partial charge on any atom is 0.350 e. The zero-order valence-corrected chi connectivity index (χ0v) is 20.7. The highest BCUT2D eigenvalue weighted by molar-refractivity contribution is 6.30. The van der Waals surface area contributed by atoms with Crippen molar-refractivity contribution in [3.8, 4) is 0 Å². The summed E-state index contributed by atoms with van der Waals surface area (Å²) < 4.78 is 35.1. The Morgan fingerprint density at radius 2 is 1.78 bits per heavy atom. The van der Waals surface area contributed by atoms with Crippen molar-refractivity contribution in [2.75, 3.05) is 5.32 Å². The number of hydrogen-bond acceptors (Lipinski definition) is 5. The van der Waals surface area contributed by atoms with Crippen LogP contribution in [0.25, 0.3) is 0 Å². The van der Waals surface area contributed by atoms with Crippen LogP contribution < -0.4 is 11.1 Å². The number of benzene rings is 2. The van der Waals surface area contributed by atoms with E-state index in [9.17, 15) is 28.0 Å². The third kappa shape index (κ3) is 6.17. The highest BCUT2D eigenvalue weighted by atomic mass is 35.5. The molecule has 0 bridgehead atoms. The number of halogens is 3. The molecular weight excluding hydrogens is 496 g/mol. The summed E-state index contributed by atoms with van der Waals surface area (Å²) in [7, 11) is 0. The second kappa shape index (κ2) is 10.2. The Kier molecular flexibility index (Phi) is 7.68. The summed E-state index contributed by atoms with van der Waals surface area (Å²) in [4.78, 5) is 50.5. The molecule has 1 atom stereocenters. The van der Waals surface area contributed by atoms with E-state index >= 15 is 0 Å². The van der Waals surface area contributed by atoms with Crippen molar-refractivity contribution < 1.29 is 32.7 Å². The second-order valence-electron chi connectivity index (χ2n) is 9.38. The third-order valence-electron chi connectivity index (χ3n) is 5.43. The summed E-state index contributed by atoms with van der Waals surface area (Å²) in [5.74, 6) is -7.46. The van der Waals surface area contributed by atoms with E-state index in [2.05, 4.69) is 5.32 Å². The minimum Gasteiger partial charge on any atom is -0.460 e. The van der Waals surface area contributed by atoms with Crippen molar-refractivity contribution in [2.45, 2.75) is 57.7 Å². The standard InChI is InChI=1S/C25H26ClF2N3O5/c1-24(2,3)36-20(32)11-10-19(21(29)33)31-13-14-12-15(4-9-18(14)22(31)34)25(27,28)23(35)30-17-7-5-16(26)6-8-17/h4-9,12,19H,10-11,13H2,1-3H3,(H2,29,33)(H,30,35). The van der Waals surface area contributed by atoms with E-state index in [0.29, 0.717) is 5.02 Å². The van der Waals surface area contributed by atoms with Crippen LogP contribution in [0.5, 0.6) is 0 Å². The highest BCUT2D eigenvalue weighted by Gasteiger charge is 2.43. The predicted molar refractivity (Wildman–Crippen MR) is 128 cm³/mol. The first kappa shape index (κ1) is 27.1. The fourth-order valence-electron chi connectivity index (χ4n) is 3.76.